The Morgan fingerprint density at radius 2 is 1.62 bits per heavy atom. The highest BCUT2D eigenvalue weighted by molar-refractivity contribution is 7.89. The van der Waals surface area contributed by atoms with E-state index in [4.69, 9.17) is 0 Å². The minimum Gasteiger partial charge on any atom is -0.351 e. The molecule has 0 radical (unpaired) electrons. The fourth-order valence-electron chi connectivity index (χ4n) is 2.96. The van der Waals surface area contributed by atoms with E-state index in [-0.39, 0.29) is 0 Å². The molecule has 0 unspecified atom stereocenters. The van der Waals surface area contributed by atoms with E-state index in [1.807, 2.05) is 31.2 Å². The number of hydrogen-bond acceptors (Lipinski definition) is 2. The van der Waals surface area contributed by atoms with Crippen molar-refractivity contribution in [2.45, 2.75) is 30.7 Å². The summed E-state index contributed by atoms with van der Waals surface area (Å²) in [6.45, 7) is 3.01. The molecule has 0 aliphatic carbocycles. The molecule has 2 heterocycles. The van der Waals surface area contributed by atoms with E-state index in [2.05, 4.69) is 17.0 Å². The normalized spacial score (nSPS) is 18.0. The van der Waals surface area contributed by atoms with E-state index in [0.29, 0.717) is 24.0 Å². The quantitative estimate of drug-likeness (QED) is 0.875. The highest BCUT2D eigenvalue weighted by Crippen LogP contribution is 2.27. The number of aromatic nitrogens is 1. The maximum atomic E-state index is 12.7. The van der Waals surface area contributed by atoms with Crippen molar-refractivity contribution in [1.82, 2.24) is 8.87 Å². The molecule has 1 aliphatic rings. The zero-order valence-electron chi connectivity index (χ0n) is 12.1. The molecule has 0 saturated carbocycles. The van der Waals surface area contributed by atoms with E-state index < -0.39 is 10.0 Å². The Morgan fingerprint density at radius 3 is 2.24 bits per heavy atom. The molecule has 1 fully saturated rings. The third-order valence-electron chi connectivity index (χ3n) is 4.18. The van der Waals surface area contributed by atoms with Crippen LogP contribution in [0.4, 0.5) is 0 Å². The molecule has 112 valence electrons. The molecule has 2 aromatic rings. The van der Waals surface area contributed by atoms with Crippen LogP contribution in [0.1, 0.15) is 24.4 Å². The van der Waals surface area contributed by atoms with Crippen LogP contribution < -0.4 is 0 Å². The third-order valence-corrected chi connectivity index (χ3v) is 6.24. The summed E-state index contributed by atoms with van der Waals surface area (Å²) in [6.07, 6.45) is 5.83. The molecule has 5 heteroatoms. The van der Waals surface area contributed by atoms with Crippen molar-refractivity contribution < 1.29 is 8.42 Å². The van der Waals surface area contributed by atoms with Gasteiger partial charge in [0.05, 0.1) is 4.90 Å². The van der Waals surface area contributed by atoms with E-state index in [0.717, 1.165) is 18.4 Å². The largest absolute Gasteiger partial charge is 0.351 e. The van der Waals surface area contributed by atoms with Gasteiger partial charge in [-0.05, 0) is 43.5 Å². The van der Waals surface area contributed by atoms with Gasteiger partial charge in [0.25, 0.3) is 0 Å². The highest BCUT2D eigenvalue weighted by atomic mass is 32.2. The maximum Gasteiger partial charge on any atom is 0.243 e. The summed E-state index contributed by atoms with van der Waals surface area (Å²) >= 11 is 0. The highest BCUT2D eigenvalue weighted by Gasteiger charge is 2.30. The molecule has 3 rings (SSSR count). The van der Waals surface area contributed by atoms with Gasteiger partial charge < -0.3 is 4.57 Å². The second-order valence-electron chi connectivity index (χ2n) is 5.53. The average molecular weight is 304 g/mol. The number of aryl methyl sites for hydroxylation is 1. The van der Waals surface area contributed by atoms with Gasteiger partial charge in [-0.1, -0.05) is 18.2 Å². The molecule has 1 saturated heterocycles. The fourth-order valence-corrected chi connectivity index (χ4v) is 4.65. The summed E-state index contributed by atoms with van der Waals surface area (Å²) < 4.78 is 29.2. The van der Waals surface area contributed by atoms with Crippen molar-refractivity contribution in [1.29, 1.82) is 0 Å². The molecular formula is C16H20N2O2S. The van der Waals surface area contributed by atoms with Gasteiger partial charge in [-0.25, -0.2) is 8.42 Å². The standard InChI is InChI=1S/C16H20N2O2S/c1-14-6-2-3-7-16(14)21(19,20)18-12-8-15(9-13-18)17-10-4-5-11-17/h2-7,10-11,15H,8-9,12-13H2,1H3. The SMILES string of the molecule is Cc1ccccc1S(=O)(=O)N1CCC(n2cccc2)CC1. The zero-order valence-corrected chi connectivity index (χ0v) is 13.0. The molecule has 0 atom stereocenters. The molecule has 4 nitrogen and oxygen atoms in total. The second kappa shape index (κ2) is 5.66. The number of piperidine rings is 1. The van der Waals surface area contributed by atoms with Crippen LogP contribution in [0.15, 0.2) is 53.7 Å². The summed E-state index contributed by atoms with van der Waals surface area (Å²) in [6, 6.07) is 11.6. The lowest BCUT2D eigenvalue weighted by Gasteiger charge is -2.32. The van der Waals surface area contributed by atoms with Gasteiger partial charge in [-0.3, -0.25) is 0 Å². The first-order valence-electron chi connectivity index (χ1n) is 7.27. The minimum absolute atomic E-state index is 0.406. The fraction of sp³-hybridized carbons (Fsp3) is 0.375. The molecule has 1 aromatic heterocycles. The van der Waals surface area contributed by atoms with Crippen LogP contribution in [-0.2, 0) is 10.0 Å². The molecule has 0 amide bonds. The number of benzene rings is 1. The van der Waals surface area contributed by atoms with Crippen LogP contribution in [0, 0.1) is 6.92 Å². The van der Waals surface area contributed by atoms with Gasteiger partial charge in [0, 0.05) is 31.5 Å². The van der Waals surface area contributed by atoms with Gasteiger partial charge in [0.15, 0.2) is 0 Å². The summed E-state index contributed by atoms with van der Waals surface area (Å²) in [4.78, 5) is 0.435. The van der Waals surface area contributed by atoms with Crippen molar-refractivity contribution in [3.8, 4) is 0 Å². The van der Waals surface area contributed by atoms with Crippen molar-refractivity contribution in [2.75, 3.05) is 13.1 Å². The number of rotatable bonds is 3. The average Bonchev–Trinajstić information content (AvgIpc) is 3.02. The molecule has 0 N–H and O–H groups in total. The predicted molar refractivity (Wildman–Crippen MR) is 82.6 cm³/mol. The summed E-state index contributed by atoms with van der Waals surface area (Å²) in [7, 11) is -3.36. The van der Waals surface area contributed by atoms with Crippen LogP contribution in [-0.4, -0.2) is 30.4 Å². The zero-order chi connectivity index (χ0) is 14.9. The second-order valence-corrected chi connectivity index (χ2v) is 7.44. The Balaban J connectivity index is 1.76. The first kappa shape index (κ1) is 14.4. The molecule has 1 aliphatic heterocycles. The van der Waals surface area contributed by atoms with Gasteiger partial charge in [0.1, 0.15) is 0 Å². The lowest BCUT2D eigenvalue weighted by Crippen LogP contribution is -2.39. The lowest BCUT2D eigenvalue weighted by molar-refractivity contribution is 0.274. The van der Waals surface area contributed by atoms with E-state index in [1.54, 1.807) is 16.4 Å². The third kappa shape index (κ3) is 2.76. The molecule has 0 spiro atoms. The topological polar surface area (TPSA) is 42.3 Å². The predicted octanol–water partition coefficient (Wildman–Crippen LogP) is 2.82. The Morgan fingerprint density at radius 1 is 1.00 bits per heavy atom. The van der Waals surface area contributed by atoms with Gasteiger partial charge in [-0.15, -0.1) is 0 Å². The Hall–Kier alpha value is -1.59. The van der Waals surface area contributed by atoms with Crippen molar-refractivity contribution in [3.05, 3.63) is 54.4 Å². The summed E-state index contributed by atoms with van der Waals surface area (Å²) in [5.74, 6) is 0. The van der Waals surface area contributed by atoms with Crippen molar-refractivity contribution in [2.24, 2.45) is 0 Å². The van der Waals surface area contributed by atoms with Gasteiger partial charge in [-0.2, -0.15) is 4.31 Å². The maximum absolute atomic E-state index is 12.7. The van der Waals surface area contributed by atoms with Crippen LogP contribution in [0.25, 0.3) is 0 Å². The molecule has 1 aromatic carbocycles. The van der Waals surface area contributed by atoms with Crippen LogP contribution in [0.5, 0.6) is 0 Å². The van der Waals surface area contributed by atoms with E-state index in [1.165, 1.54) is 0 Å². The van der Waals surface area contributed by atoms with E-state index >= 15 is 0 Å². The van der Waals surface area contributed by atoms with Gasteiger partial charge in [0.2, 0.25) is 10.0 Å². The number of sulfonamides is 1. The minimum atomic E-state index is -3.36. The summed E-state index contributed by atoms with van der Waals surface area (Å²) in [5, 5.41) is 0. The molecule has 0 bridgehead atoms. The Kier molecular flexibility index (Phi) is 3.87. The van der Waals surface area contributed by atoms with Crippen molar-refractivity contribution >= 4 is 10.0 Å². The molecule has 21 heavy (non-hydrogen) atoms. The Bertz CT molecular complexity index is 700. The monoisotopic (exact) mass is 304 g/mol. The molecular weight excluding hydrogens is 284 g/mol. The number of hydrogen-bond donors (Lipinski definition) is 0. The van der Waals surface area contributed by atoms with E-state index in [9.17, 15) is 8.42 Å². The smallest absolute Gasteiger partial charge is 0.243 e. The number of nitrogens with zero attached hydrogens (tertiary/aromatic N) is 2. The first-order valence-corrected chi connectivity index (χ1v) is 8.71. The van der Waals surface area contributed by atoms with Gasteiger partial charge >= 0.3 is 0 Å². The lowest BCUT2D eigenvalue weighted by atomic mass is 10.1. The van der Waals surface area contributed by atoms with Crippen LogP contribution in [0.2, 0.25) is 0 Å². The van der Waals surface area contributed by atoms with Crippen molar-refractivity contribution in [3.63, 3.8) is 0 Å². The summed E-state index contributed by atoms with van der Waals surface area (Å²) in [5.41, 5.74) is 0.810. The first-order chi connectivity index (χ1) is 10.1. The van der Waals surface area contributed by atoms with Crippen LogP contribution >= 0.6 is 0 Å². The Labute approximate surface area is 126 Å². The van der Waals surface area contributed by atoms with Crippen LogP contribution in [0.3, 0.4) is 0 Å².